The molecule has 0 saturated carbocycles. The van der Waals surface area contributed by atoms with E-state index in [1.54, 1.807) is 0 Å². The second-order valence-corrected chi connectivity index (χ2v) is 2.70. The van der Waals surface area contributed by atoms with Crippen molar-refractivity contribution >= 4 is 0 Å². The minimum absolute atomic E-state index is 0.962. The summed E-state index contributed by atoms with van der Waals surface area (Å²) in [5.74, 6) is 0. The van der Waals surface area contributed by atoms with E-state index >= 15 is 0 Å². The van der Waals surface area contributed by atoms with Gasteiger partial charge in [0, 0.05) is 6.54 Å². The summed E-state index contributed by atoms with van der Waals surface area (Å²) in [6, 6.07) is 8.73. The lowest BCUT2D eigenvalue weighted by Gasteiger charge is -2.00. The molecule has 11 heavy (non-hydrogen) atoms. The molecule has 0 unspecified atom stereocenters. The third-order valence-electron chi connectivity index (χ3n) is 1.81. The zero-order chi connectivity index (χ0) is 8.10. The standard InChI is InChI=1S/C10H15N/c1-3-9-4-6-10(7-5-9)8-11-2/h4-7,11H,3,8H2,1-2H3. The molecule has 1 nitrogen and oxygen atoms in total. The van der Waals surface area contributed by atoms with Crippen molar-refractivity contribution in [3.05, 3.63) is 35.4 Å². The first kappa shape index (κ1) is 8.28. The smallest absolute Gasteiger partial charge is 0.0202 e. The summed E-state index contributed by atoms with van der Waals surface area (Å²) in [7, 11) is 1.97. The van der Waals surface area contributed by atoms with Crippen molar-refractivity contribution in [2.45, 2.75) is 19.9 Å². The molecule has 0 amide bonds. The molecule has 0 aliphatic heterocycles. The highest BCUT2D eigenvalue weighted by atomic mass is 14.8. The summed E-state index contributed by atoms with van der Waals surface area (Å²) < 4.78 is 0. The first-order chi connectivity index (χ1) is 5.36. The average molecular weight is 149 g/mol. The van der Waals surface area contributed by atoms with Gasteiger partial charge >= 0.3 is 0 Å². The number of rotatable bonds is 3. The van der Waals surface area contributed by atoms with E-state index in [0.717, 1.165) is 13.0 Å². The summed E-state index contributed by atoms with van der Waals surface area (Å²) in [5, 5.41) is 3.12. The molecule has 1 rings (SSSR count). The Balaban J connectivity index is 2.66. The van der Waals surface area contributed by atoms with Crippen molar-refractivity contribution in [1.29, 1.82) is 0 Å². The van der Waals surface area contributed by atoms with Gasteiger partial charge in [-0.3, -0.25) is 0 Å². The molecule has 0 bridgehead atoms. The largest absolute Gasteiger partial charge is 0.316 e. The second-order valence-electron chi connectivity index (χ2n) is 2.70. The first-order valence-corrected chi connectivity index (χ1v) is 4.09. The minimum atomic E-state index is 0.962. The van der Waals surface area contributed by atoms with Crippen LogP contribution in [0.3, 0.4) is 0 Å². The molecule has 0 atom stereocenters. The van der Waals surface area contributed by atoms with E-state index in [1.807, 2.05) is 7.05 Å². The number of hydrogen-bond acceptors (Lipinski definition) is 1. The Labute approximate surface area is 68.4 Å². The molecule has 60 valence electrons. The molecule has 0 aliphatic carbocycles. The molecular formula is C10H15N. The molecular weight excluding hydrogens is 134 g/mol. The van der Waals surface area contributed by atoms with E-state index in [2.05, 4.69) is 36.5 Å². The van der Waals surface area contributed by atoms with Crippen LogP contribution in [0.25, 0.3) is 0 Å². The summed E-state index contributed by atoms with van der Waals surface area (Å²) in [6.07, 6.45) is 1.12. The maximum Gasteiger partial charge on any atom is 0.0202 e. The van der Waals surface area contributed by atoms with Crippen LogP contribution in [0.4, 0.5) is 0 Å². The summed E-state index contributed by atoms with van der Waals surface area (Å²) in [6.45, 7) is 3.14. The zero-order valence-corrected chi connectivity index (χ0v) is 7.22. The van der Waals surface area contributed by atoms with Crippen LogP contribution < -0.4 is 5.32 Å². The Morgan fingerprint density at radius 2 is 1.64 bits per heavy atom. The van der Waals surface area contributed by atoms with Crippen LogP contribution in [0.15, 0.2) is 24.3 Å². The lowest BCUT2D eigenvalue weighted by atomic mass is 10.1. The Morgan fingerprint density at radius 1 is 1.09 bits per heavy atom. The topological polar surface area (TPSA) is 12.0 Å². The molecule has 0 heterocycles. The second kappa shape index (κ2) is 4.14. The van der Waals surface area contributed by atoms with Gasteiger partial charge in [-0.25, -0.2) is 0 Å². The highest BCUT2D eigenvalue weighted by Gasteiger charge is 1.90. The SMILES string of the molecule is CCc1ccc(CNC)cc1. The average Bonchev–Trinajstić information content (AvgIpc) is 2.07. The molecule has 1 N–H and O–H groups in total. The molecule has 0 aliphatic rings. The first-order valence-electron chi connectivity index (χ1n) is 4.09. The normalized spacial score (nSPS) is 10.0. The lowest BCUT2D eigenvalue weighted by molar-refractivity contribution is 0.817. The Hall–Kier alpha value is -0.820. The van der Waals surface area contributed by atoms with Gasteiger partial charge in [0.05, 0.1) is 0 Å². The van der Waals surface area contributed by atoms with Gasteiger partial charge in [0.15, 0.2) is 0 Å². The van der Waals surface area contributed by atoms with Gasteiger partial charge in [-0.05, 0) is 24.6 Å². The van der Waals surface area contributed by atoms with E-state index in [0.29, 0.717) is 0 Å². The van der Waals surface area contributed by atoms with E-state index < -0.39 is 0 Å². The van der Waals surface area contributed by atoms with E-state index in [-0.39, 0.29) is 0 Å². The monoisotopic (exact) mass is 149 g/mol. The fraction of sp³-hybridized carbons (Fsp3) is 0.400. The molecule has 1 aromatic rings. The molecule has 0 fully saturated rings. The van der Waals surface area contributed by atoms with Crippen LogP contribution in [0.2, 0.25) is 0 Å². The van der Waals surface area contributed by atoms with Crippen LogP contribution in [0.1, 0.15) is 18.1 Å². The Kier molecular flexibility index (Phi) is 3.12. The Morgan fingerprint density at radius 3 is 2.09 bits per heavy atom. The molecule has 0 saturated heterocycles. The van der Waals surface area contributed by atoms with Crippen molar-refractivity contribution in [2.24, 2.45) is 0 Å². The van der Waals surface area contributed by atoms with E-state index in [9.17, 15) is 0 Å². The van der Waals surface area contributed by atoms with Crippen molar-refractivity contribution < 1.29 is 0 Å². The van der Waals surface area contributed by atoms with Gasteiger partial charge in [0.2, 0.25) is 0 Å². The van der Waals surface area contributed by atoms with Gasteiger partial charge in [-0.2, -0.15) is 0 Å². The number of benzene rings is 1. The fourth-order valence-electron chi connectivity index (χ4n) is 1.10. The predicted molar refractivity (Wildman–Crippen MR) is 48.6 cm³/mol. The Bertz CT molecular complexity index is 201. The number of nitrogens with one attached hydrogen (secondary N) is 1. The maximum atomic E-state index is 3.12. The maximum absolute atomic E-state index is 3.12. The van der Waals surface area contributed by atoms with Crippen LogP contribution in [0, 0.1) is 0 Å². The summed E-state index contributed by atoms with van der Waals surface area (Å²) >= 11 is 0. The molecule has 0 aromatic heterocycles. The summed E-state index contributed by atoms with van der Waals surface area (Å²) in [5.41, 5.74) is 2.76. The number of hydrogen-bond donors (Lipinski definition) is 1. The number of aryl methyl sites for hydroxylation is 1. The van der Waals surface area contributed by atoms with Gasteiger partial charge < -0.3 is 5.32 Å². The molecule has 0 radical (unpaired) electrons. The highest BCUT2D eigenvalue weighted by molar-refractivity contribution is 5.22. The van der Waals surface area contributed by atoms with Crippen molar-refractivity contribution in [3.63, 3.8) is 0 Å². The highest BCUT2D eigenvalue weighted by Crippen LogP contribution is 2.03. The lowest BCUT2D eigenvalue weighted by Crippen LogP contribution is -2.04. The van der Waals surface area contributed by atoms with Gasteiger partial charge in [-0.1, -0.05) is 31.2 Å². The van der Waals surface area contributed by atoms with Gasteiger partial charge in [0.1, 0.15) is 0 Å². The quantitative estimate of drug-likeness (QED) is 0.692. The molecule has 1 heteroatoms. The molecule has 1 aromatic carbocycles. The van der Waals surface area contributed by atoms with Crippen molar-refractivity contribution in [1.82, 2.24) is 5.32 Å². The van der Waals surface area contributed by atoms with E-state index in [1.165, 1.54) is 11.1 Å². The van der Waals surface area contributed by atoms with Crippen LogP contribution in [-0.4, -0.2) is 7.05 Å². The predicted octanol–water partition coefficient (Wildman–Crippen LogP) is 1.97. The van der Waals surface area contributed by atoms with Crippen LogP contribution in [-0.2, 0) is 13.0 Å². The molecule has 0 spiro atoms. The van der Waals surface area contributed by atoms with E-state index in [4.69, 9.17) is 0 Å². The fourth-order valence-corrected chi connectivity index (χ4v) is 1.10. The third kappa shape index (κ3) is 2.35. The van der Waals surface area contributed by atoms with Crippen LogP contribution in [0.5, 0.6) is 0 Å². The van der Waals surface area contributed by atoms with Gasteiger partial charge in [-0.15, -0.1) is 0 Å². The summed E-state index contributed by atoms with van der Waals surface area (Å²) in [4.78, 5) is 0. The third-order valence-corrected chi connectivity index (χ3v) is 1.81. The van der Waals surface area contributed by atoms with Crippen molar-refractivity contribution in [3.8, 4) is 0 Å². The zero-order valence-electron chi connectivity index (χ0n) is 7.22. The van der Waals surface area contributed by atoms with Crippen LogP contribution >= 0.6 is 0 Å². The minimum Gasteiger partial charge on any atom is -0.316 e. The van der Waals surface area contributed by atoms with Crippen molar-refractivity contribution in [2.75, 3.05) is 7.05 Å². The van der Waals surface area contributed by atoms with Gasteiger partial charge in [0.25, 0.3) is 0 Å².